The first-order valence-electron chi connectivity index (χ1n) is 8.59. The highest BCUT2D eigenvalue weighted by atomic mass is 16.7. The van der Waals surface area contributed by atoms with Crippen LogP contribution >= 0.6 is 0 Å². The lowest BCUT2D eigenvalue weighted by Crippen LogP contribution is -2.44. The monoisotopic (exact) mass is 406 g/mol. The van der Waals surface area contributed by atoms with Crippen molar-refractivity contribution in [1.82, 2.24) is 25.3 Å². The van der Waals surface area contributed by atoms with E-state index in [-0.39, 0.29) is 5.89 Å². The average molecular weight is 406 g/mol. The summed E-state index contributed by atoms with van der Waals surface area (Å²) in [5.41, 5.74) is 0.0910. The van der Waals surface area contributed by atoms with Gasteiger partial charge in [-0.25, -0.2) is 9.97 Å². The Morgan fingerprint density at radius 1 is 0.967 bits per heavy atom. The van der Waals surface area contributed by atoms with Gasteiger partial charge >= 0.3 is 0 Å². The van der Waals surface area contributed by atoms with Gasteiger partial charge in [0.05, 0.1) is 29.7 Å². The van der Waals surface area contributed by atoms with Crippen molar-refractivity contribution in [3.8, 4) is 0 Å². The SMILES string of the molecule is c1coc(C2(c3cnoc3)C(c3ccon3)=C(c3cnco3)ON2c2cocn2)n1. The Morgan fingerprint density at radius 3 is 2.63 bits per heavy atom. The van der Waals surface area contributed by atoms with Crippen LogP contribution in [-0.4, -0.2) is 25.3 Å². The maximum Gasteiger partial charge on any atom is 0.233 e. The molecule has 0 saturated heterocycles. The van der Waals surface area contributed by atoms with Gasteiger partial charge < -0.3 is 27.1 Å². The van der Waals surface area contributed by atoms with Gasteiger partial charge in [-0.1, -0.05) is 10.3 Å². The molecule has 0 fully saturated rings. The Labute approximate surface area is 166 Å². The molecule has 5 aromatic rings. The van der Waals surface area contributed by atoms with E-state index in [1.165, 1.54) is 61.5 Å². The van der Waals surface area contributed by atoms with Gasteiger partial charge in [-0.05, 0) is 0 Å². The zero-order chi connectivity index (χ0) is 20.0. The quantitative estimate of drug-likeness (QED) is 0.423. The maximum atomic E-state index is 6.26. The summed E-state index contributed by atoms with van der Waals surface area (Å²) >= 11 is 0. The van der Waals surface area contributed by atoms with Gasteiger partial charge in [0.15, 0.2) is 18.5 Å². The predicted octanol–water partition coefficient (Wildman–Crippen LogP) is 2.89. The number of nitrogens with zero attached hydrogens (tertiary/aromatic N) is 6. The summed E-state index contributed by atoms with van der Waals surface area (Å²) < 4.78 is 26.8. The van der Waals surface area contributed by atoms with E-state index in [1.54, 1.807) is 6.07 Å². The van der Waals surface area contributed by atoms with Crippen molar-refractivity contribution in [1.29, 1.82) is 0 Å². The first kappa shape index (κ1) is 16.4. The minimum Gasteiger partial charge on any atom is -0.449 e. The van der Waals surface area contributed by atoms with Gasteiger partial charge in [0.2, 0.25) is 23.0 Å². The molecule has 0 aromatic carbocycles. The summed E-state index contributed by atoms with van der Waals surface area (Å²) in [6.07, 6.45) is 12.8. The Morgan fingerprint density at radius 2 is 1.97 bits per heavy atom. The lowest BCUT2D eigenvalue weighted by atomic mass is 9.81. The summed E-state index contributed by atoms with van der Waals surface area (Å²) in [6, 6.07) is 1.67. The van der Waals surface area contributed by atoms with Crippen LogP contribution in [0.25, 0.3) is 11.3 Å². The Kier molecular flexibility index (Phi) is 3.38. The molecule has 148 valence electrons. The van der Waals surface area contributed by atoms with Crippen LogP contribution in [-0.2, 0) is 10.4 Å². The fourth-order valence-corrected chi connectivity index (χ4v) is 3.50. The van der Waals surface area contributed by atoms with Gasteiger partial charge in [-0.2, -0.15) is 10.0 Å². The third-order valence-corrected chi connectivity index (χ3v) is 4.65. The fourth-order valence-electron chi connectivity index (χ4n) is 3.50. The summed E-state index contributed by atoms with van der Waals surface area (Å²) in [7, 11) is 0. The second-order valence-corrected chi connectivity index (χ2v) is 6.15. The van der Waals surface area contributed by atoms with Crippen LogP contribution in [0, 0.1) is 0 Å². The van der Waals surface area contributed by atoms with Gasteiger partial charge in [-0.15, -0.1) is 0 Å². The number of hydrogen-bond acceptors (Lipinski definition) is 12. The van der Waals surface area contributed by atoms with Crippen molar-refractivity contribution >= 4 is 17.2 Å². The molecule has 0 N–H and O–H groups in total. The van der Waals surface area contributed by atoms with Gasteiger partial charge in [0.1, 0.15) is 30.7 Å². The molecule has 12 heteroatoms. The van der Waals surface area contributed by atoms with E-state index in [4.69, 9.17) is 27.1 Å². The zero-order valence-corrected chi connectivity index (χ0v) is 14.9. The Bertz CT molecular complexity index is 1220. The lowest BCUT2D eigenvalue weighted by Gasteiger charge is -2.33. The second kappa shape index (κ2) is 6.20. The van der Waals surface area contributed by atoms with Crippen LogP contribution in [0.3, 0.4) is 0 Å². The van der Waals surface area contributed by atoms with Crippen molar-refractivity contribution in [3.63, 3.8) is 0 Å². The molecular formula is C18H10N6O6. The molecule has 0 saturated carbocycles. The number of anilines is 1. The molecule has 0 amide bonds. The molecule has 1 unspecified atom stereocenters. The minimum atomic E-state index is -1.36. The van der Waals surface area contributed by atoms with Crippen LogP contribution in [0.5, 0.6) is 0 Å². The van der Waals surface area contributed by atoms with E-state index >= 15 is 0 Å². The normalized spacial score (nSPS) is 18.9. The molecule has 12 nitrogen and oxygen atoms in total. The predicted molar refractivity (Wildman–Crippen MR) is 93.7 cm³/mol. The van der Waals surface area contributed by atoms with E-state index in [0.29, 0.717) is 34.2 Å². The summed E-state index contributed by atoms with van der Waals surface area (Å²) in [5, 5.41) is 9.45. The van der Waals surface area contributed by atoms with E-state index < -0.39 is 5.54 Å². The molecule has 1 atom stereocenters. The van der Waals surface area contributed by atoms with Crippen molar-refractivity contribution in [2.75, 3.05) is 5.06 Å². The third-order valence-electron chi connectivity index (χ3n) is 4.65. The molecule has 0 aliphatic carbocycles. The molecule has 1 aliphatic rings. The molecule has 1 aliphatic heterocycles. The minimum absolute atomic E-state index is 0.237. The molecule has 0 bridgehead atoms. The molecule has 6 heterocycles. The van der Waals surface area contributed by atoms with Crippen LogP contribution in [0.2, 0.25) is 0 Å². The first-order valence-corrected chi connectivity index (χ1v) is 8.59. The molecule has 5 aromatic heterocycles. The van der Waals surface area contributed by atoms with Gasteiger partial charge in [0, 0.05) is 6.07 Å². The Balaban J connectivity index is 1.74. The van der Waals surface area contributed by atoms with Crippen molar-refractivity contribution < 1.29 is 27.1 Å². The standard InChI is InChI=1S/C18H10N6O6/c1-3-28-23-12(1)15-16(13-6-19-9-27-13)30-24(14-8-25-10-21-14)18(15,11-5-22-29-7-11)17-20-2-4-26-17/h1-10H. The van der Waals surface area contributed by atoms with E-state index in [2.05, 4.69) is 25.3 Å². The average Bonchev–Trinajstić information content (AvgIpc) is 3.62. The maximum absolute atomic E-state index is 6.26. The lowest BCUT2D eigenvalue weighted by molar-refractivity contribution is 0.195. The second-order valence-electron chi connectivity index (χ2n) is 6.15. The van der Waals surface area contributed by atoms with Crippen LogP contribution in [0.1, 0.15) is 22.9 Å². The molecule has 0 radical (unpaired) electrons. The van der Waals surface area contributed by atoms with Gasteiger partial charge in [-0.3, -0.25) is 0 Å². The van der Waals surface area contributed by atoms with Gasteiger partial charge in [0.25, 0.3) is 0 Å². The highest BCUT2D eigenvalue weighted by Crippen LogP contribution is 2.55. The molecule has 6 rings (SSSR count). The highest BCUT2D eigenvalue weighted by molar-refractivity contribution is 5.96. The Hall–Kier alpha value is -4.61. The molecule has 30 heavy (non-hydrogen) atoms. The van der Waals surface area contributed by atoms with Crippen molar-refractivity contribution in [3.05, 3.63) is 85.4 Å². The van der Waals surface area contributed by atoms with E-state index in [9.17, 15) is 0 Å². The van der Waals surface area contributed by atoms with E-state index in [1.807, 2.05) is 0 Å². The van der Waals surface area contributed by atoms with Crippen LogP contribution < -0.4 is 5.06 Å². The van der Waals surface area contributed by atoms with Crippen LogP contribution in [0.4, 0.5) is 5.82 Å². The highest BCUT2D eigenvalue weighted by Gasteiger charge is 2.60. The van der Waals surface area contributed by atoms with E-state index in [0.717, 1.165) is 0 Å². The third kappa shape index (κ3) is 2.12. The summed E-state index contributed by atoms with van der Waals surface area (Å²) in [4.78, 5) is 18.9. The summed E-state index contributed by atoms with van der Waals surface area (Å²) in [5.74, 6) is 1.20. The summed E-state index contributed by atoms with van der Waals surface area (Å²) in [6.45, 7) is 0. The smallest absolute Gasteiger partial charge is 0.233 e. The number of hydroxylamine groups is 1. The largest absolute Gasteiger partial charge is 0.449 e. The first-order chi connectivity index (χ1) is 14.9. The zero-order valence-electron chi connectivity index (χ0n) is 14.9. The number of oxazole rings is 3. The number of rotatable bonds is 5. The number of aromatic nitrogens is 5. The topological polar surface area (TPSA) is 143 Å². The fraction of sp³-hybridized carbons (Fsp3) is 0.0556. The van der Waals surface area contributed by atoms with Crippen molar-refractivity contribution in [2.45, 2.75) is 5.54 Å². The van der Waals surface area contributed by atoms with Crippen molar-refractivity contribution in [2.24, 2.45) is 0 Å². The number of hydrogen-bond donors (Lipinski definition) is 0. The van der Waals surface area contributed by atoms with Crippen LogP contribution in [0.15, 0.2) is 84.8 Å². The molecule has 0 spiro atoms. The molecular weight excluding hydrogens is 396 g/mol.